The summed E-state index contributed by atoms with van der Waals surface area (Å²) in [5, 5.41) is 4.48. The molecule has 1 aromatic heterocycles. The predicted octanol–water partition coefficient (Wildman–Crippen LogP) is 3.30. The number of aromatic nitrogens is 2. The second kappa shape index (κ2) is 9.13. The van der Waals surface area contributed by atoms with E-state index in [1.165, 1.54) is 0 Å². The number of carbonyl (C=O) groups is 1. The topological polar surface area (TPSA) is 112 Å². The number of para-hydroxylation sites is 2. The van der Waals surface area contributed by atoms with Crippen molar-refractivity contribution in [3.63, 3.8) is 0 Å². The van der Waals surface area contributed by atoms with Crippen molar-refractivity contribution in [1.29, 1.82) is 0 Å². The second-order valence-electron chi connectivity index (χ2n) is 7.03. The fourth-order valence-electron chi connectivity index (χ4n) is 3.18. The standard InChI is InChI=1S/C24H21N5O3/c1-16(17-9-3-2-4-10-17)28-32-15-22-26-21-14-8-6-12-19(21)24(31)29(22)27-23(30)18-11-5-7-13-20(18)25/h2-14H,15,25H2,1H3,(H,27,30)/b28-16-. The maximum Gasteiger partial charge on any atom is 0.280 e. The van der Waals surface area contributed by atoms with Gasteiger partial charge in [0.1, 0.15) is 0 Å². The van der Waals surface area contributed by atoms with Crippen LogP contribution in [-0.2, 0) is 11.4 Å². The first-order chi connectivity index (χ1) is 15.5. The first kappa shape index (κ1) is 20.8. The largest absolute Gasteiger partial charge is 0.398 e. The summed E-state index contributed by atoms with van der Waals surface area (Å²) in [6, 6.07) is 23.0. The molecule has 0 bridgehead atoms. The summed E-state index contributed by atoms with van der Waals surface area (Å²) in [6.07, 6.45) is 0. The number of nitrogens with zero attached hydrogens (tertiary/aromatic N) is 3. The van der Waals surface area contributed by atoms with Crippen LogP contribution in [0.2, 0.25) is 0 Å². The van der Waals surface area contributed by atoms with Crippen LogP contribution < -0.4 is 16.7 Å². The molecule has 0 aliphatic rings. The smallest absolute Gasteiger partial charge is 0.280 e. The van der Waals surface area contributed by atoms with Crippen LogP contribution in [0.5, 0.6) is 0 Å². The lowest BCUT2D eigenvalue weighted by Crippen LogP contribution is -2.36. The van der Waals surface area contributed by atoms with Crippen molar-refractivity contribution in [3.05, 3.63) is 106 Å². The molecule has 3 aromatic carbocycles. The number of carbonyl (C=O) groups excluding carboxylic acids is 1. The van der Waals surface area contributed by atoms with Gasteiger partial charge in [0.2, 0.25) is 0 Å². The highest BCUT2D eigenvalue weighted by Crippen LogP contribution is 2.12. The van der Waals surface area contributed by atoms with E-state index in [0.717, 1.165) is 10.2 Å². The Labute approximate surface area is 183 Å². The number of nitrogens with two attached hydrogens (primary N) is 1. The zero-order chi connectivity index (χ0) is 22.5. The average molecular weight is 427 g/mol. The van der Waals surface area contributed by atoms with E-state index in [-0.39, 0.29) is 18.0 Å². The van der Waals surface area contributed by atoms with Crippen LogP contribution in [0.1, 0.15) is 28.7 Å². The number of nitrogen functional groups attached to an aromatic ring is 1. The molecule has 0 aliphatic heterocycles. The minimum atomic E-state index is -0.535. The molecule has 8 nitrogen and oxygen atoms in total. The number of amides is 1. The summed E-state index contributed by atoms with van der Waals surface area (Å²) in [5.74, 6) is -0.339. The Morgan fingerprint density at radius 3 is 2.50 bits per heavy atom. The molecule has 0 fully saturated rings. The Balaban J connectivity index is 1.67. The van der Waals surface area contributed by atoms with Gasteiger partial charge in [0, 0.05) is 5.69 Å². The molecule has 0 saturated carbocycles. The van der Waals surface area contributed by atoms with Crippen molar-refractivity contribution in [3.8, 4) is 0 Å². The fraction of sp³-hybridized carbons (Fsp3) is 0.0833. The summed E-state index contributed by atoms with van der Waals surface area (Å²) in [4.78, 5) is 35.9. The van der Waals surface area contributed by atoms with Gasteiger partial charge in [0.15, 0.2) is 12.4 Å². The molecule has 0 saturated heterocycles. The van der Waals surface area contributed by atoms with Crippen molar-refractivity contribution >= 4 is 28.2 Å². The van der Waals surface area contributed by atoms with Crippen LogP contribution >= 0.6 is 0 Å². The van der Waals surface area contributed by atoms with E-state index < -0.39 is 11.5 Å². The van der Waals surface area contributed by atoms with Crippen molar-refractivity contribution in [1.82, 2.24) is 9.66 Å². The minimum Gasteiger partial charge on any atom is -0.398 e. The molecule has 0 radical (unpaired) electrons. The van der Waals surface area contributed by atoms with E-state index in [1.54, 1.807) is 48.5 Å². The van der Waals surface area contributed by atoms with Gasteiger partial charge in [-0.25, -0.2) is 4.98 Å². The van der Waals surface area contributed by atoms with Crippen molar-refractivity contribution in [2.75, 3.05) is 11.2 Å². The quantitative estimate of drug-likeness (QED) is 0.279. The van der Waals surface area contributed by atoms with Crippen LogP contribution in [0, 0.1) is 0 Å². The highest BCUT2D eigenvalue weighted by molar-refractivity contribution is 6.04. The highest BCUT2D eigenvalue weighted by Gasteiger charge is 2.16. The number of anilines is 1. The first-order valence-corrected chi connectivity index (χ1v) is 9.93. The van der Waals surface area contributed by atoms with E-state index >= 15 is 0 Å². The molecule has 4 aromatic rings. The minimum absolute atomic E-state index is 0.130. The van der Waals surface area contributed by atoms with E-state index in [9.17, 15) is 9.59 Å². The van der Waals surface area contributed by atoms with E-state index in [0.29, 0.717) is 22.3 Å². The second-order valence-corrected chi connectivity index (χ2v) is 7.03. The van der Waals surface area contributed by atoms with E-state index in [4.69, 9.17) is 10.6 Å². The van der Waals surface area contributed by atoms with Crippen molar-refractivity contribution in [2.24, 2.45) is 5.16 Å². The normalized spacial score (nSPS) is 11.3. The molecular formula is C24H21N5O3. The average Bonchev–Trinajstić information content (AvgIpc) is 2.82. The third kappa shape index (κ3) is 4.34. The van der Waals surface area contributed by atoms with Gasteiger partial charge in [-0.15, -0.1) is 0 Å². The molecular weight excluding hydrogens is 406 g/mol. The fourth-order valence-corrected chi connectivity index (χ4v) is 3.18. The summed E-state index contributed by atoms with van der Waals surface area (Å²) in [7, 11) is 0. The van der Waals surface area contributed by atoms with Gasteiger partial charge in [0.25, 0.3) is 11.5 Å². The molecule has 0 aliphatic carbocycles. The number of nitrogens with one attached hydrogen (secondary N) is 1. The summed E-state index contributed by atoms with van der Waals surface area (Å²) < 4.78 is 1.07. The van der Waals surface area contributed by atoms with Crippen molar-refractivity contribution in [2.45, 2.75) is 13.5 Å². The summed E-state index contributed by atoms with van der Waals surface area (Å²) in [6.45, 7) is 1.69. The first-order valence-electron chi connectivity index (χ1n) is 9.93. The number of fused-ring (bicyclic) bond motifs is 1. The molecule has 0 unspecified atom stereocenters. The van der Waals surface area contributed by atoms with Crippen molar-refractivity contribution < 1.29 is 9.63 Å². The molecule has 1 heterocycles. The molecule has 160 valence electrons. The monoisotopic (exact) mass is 427 g/mol. The van der Waals surface area contributed by atoms with E-state index in [2.05, 4.69) is 15.6 Å². The maximum atomic E-state index is 13.1. The third-order valence-corrected chi connectivity index (χ3v) is 4.85. The summed E-state index contributed by atoms with van der Waals surface area (Å²) >= 11 is 0. The molecule has 3 N–H and O–H groups in total. The molecule has 4 rings (SSSR count). The SMILES string of the molecule is C/C(=N/OCc1nc2ccccc2c(=O)n1NC(=O)c1ccccc1N)c1ccccc1. The van der Waals surface area contributed by atoms with Gasteiger partial charge < -0.3 is 10.6 Å². The number of rotatable bonds is 6. The number of hydrogen-bond donors (Lipinski definition) is 2. The van der Waals surface area contributed by atoms with Gasteiger partial charge in [-0.1, -0.05) is 59.8 Å². The Bertz CT molecular complexity index is 1360. The van der Waals surface area contributed by atoms with Crippen LogP contribution in [0.15, 0.2) is 88.8 Å². The van der Waals surface area contributed by atoms with E-state index in [1.807, 2.05) is 37.3 Å². The lowest BCUT2D eigenvalue weighted by atomic mass is 10.1. The molecule has 1 amide bonds. The molecule has 0 spiro atoms. The number of hydrogen-bond acceptors (Lipinski definition) is 6. The van der Waals surface area contributed by atoms with Gasteiger partial charge in [0.05, 0.1) is 22.2 Å². The van der Waals surface area contributed by atoms with Crippen LogP contribution in [0.3, 0.4) is 0 Å². The Morgan fingerprint density at radius 2 is 1.72 bits per heavy atom. The van der Waals surface area contributed by atoms with Crippen LogP contribution in [-0.4, -0.2) is 21.3 Å². The number of benzene rings is 3. The Kier molecular flexibility index (Phi) is 5.94. The molecule has 0 atom stereocenters. The maximum absolute atomic E-state index is 13.1. The molecule has 8 heteroatoms. The Hall–Kier alpha value is -4.46. The zero-order valence-electron chi connectivity index (χ0n) is 17.4. The van der Waals surface area contributed by atoms with Crippen LogP contribution in [0.4, 0.5) is 5.69 Å². The molecule has 32 heavy (non-hydrogen) atoms. The number of oxime groups is 1. The van der Waals surface area contributed by atoms with Gasteiger partial charge in [-0.2, -0.15) is 4.68 Å². The highest BCUT2D eigenvalue weighted by atomic mass is 16.6. The lowest BCUT2D eigenvalue weighted by molar-refractivity contribution is 0.0997. The van der Waals surface area contributed by atoms with Gasteiger partial charge >= 0.3 is 0 Å². The van der Waals surface area contributed by atoms with Gasteiger partial charge in [-0.05, 0) is 36.8 Å². The zero-order valence-corrected chi connectivity index (χ0v) is 17.4. The van der Waals surface area contributed by atoms with Crippen LogP contribution in [0.25, 0.3) is 10.9 Å². The third-order valence-electron chi connectivity index (χ3n) is 4.85. The Morgan fingerprint density at radius 1 is 1.03 bits per heavy atom. The lowest BCUT2D eigenvalue weighted by Gasteiger charge is -2.14. The summed E-state index contributed by atoms with van der Waals surface area (Å²) in [5.41, 5.74) is 10.7. The predicted molar refractivity (Wildman–Crippen MR) is 124 cm³/mol. The van der Waals surface area contributed by atoms with Gasteiger partial charge in [-0.3, -0.25) is 15.0 Å².